The summed E-state index contributed by atoms with van der Waals surface area (Å²) in [6.07, 6.45) is 3.25. The molecule has 13 heteroatoms. The van der Waals surface area contributed by atoms with Crippen LogP contribution in [0.25, 0.3) is 0 Å². The van der Waals surface area contributed by atoms with Crippen molar-refractivity contribution >= 4 is 51.8 Å². The molecule has 0 spiro atoms. The summed E-state index contributed by atoms with van der Waals surface area (Å²) in [6, 6.07) is 6.20. The Kier molecular flexibility index (Phi) is 13.7. The van der Waals surface area contributed by atoms with Gasteiger partial charge in [0.25, 0.3) is 0 Å². The van der Waals surface area contributed by atoms with Crippen LogP contribution in [0.5, 0.6) is 11.5 Å². The number of phenols is 1. The minimum atomic E-state index is -2.34. The van der Waals surface area contributed by atoms with Gasteiger partial charge in [0, 0.05) is 6.07 Å². The Morgan fingerprint density at radius 3 is 1.95 bits per heavy atom. The van der Waals surface area contributed by atoms with Gasteiger partial charge in [-0.15, -0.1) is 0 Å². The molecule has 0 amide bonds. The molecule has 37 heavy (non-hydrogen) atoms. The zero-order chi connectivity index (χ0) is 28.5. The number of hydrogen-bond acceptors (Lipinski definition) is 6. The van der Waals surface area contributed by atoms with Gasteiger partial charge in [-0.1, -0.05) is 19.8 Å². The van der Waals surface area contributed by atoms with E-state index in [0.29, 0.717) is 12.4 Å². The second-order valence-electron chi connectivity index (χ2n) is 12.8. The Bertz CT molecular complexity index is 838. The minimum absolute atomic E-state index is 0.131. The highest BCUT2D eigenvalue weighted by atomic mass is 28.5. The lowest BCUT2D eigenvalue weighted by molar-refractivity contribution is 0.310. The molecule has 0 aliphatic carbocycles. The van der Waals surface area contributed by atoms with Crippen LogP contribution in [0.15, 0.2) is 18.2 Å². The quantitative estimate of drug-likeness (QED) is 0.133. The third-order valence-electron chi connectivity index (χ3n) is 5.77. The lowest BCUT2D eigenvalue weighted by atomic mass is 10.3. The summed E-state index contributed by atoms with van der Waals surface area (Å²) in [6.45, 7) is 25.2. The molecule has 214 valence electrons. The molecule has 0 heterocycles. The number of unbranched alkanes of at least 4 members (excludes halogenated alkanes) is 1. The molecule has 0 saturated carbocycles. The summed E-state index contributed by atoms with van der Waals surface area (Å²) in [5.74, 6) is -0.616. The number of ether oxygens (including phenoxy) is 1. The van der Waals surface area contributed by atoms with Crippen LogP contribution >= 0.6 is 0 Å². The van der Waals surface area contributed by atoms with Crippen LogP contribution in [0.4, 0.5) is 4.39 Å². The lowest BCUT2D eigenvalue weighted by Gasteiger charge is -2.40. The van der Waals surface area contributed by atoms with Gasteiger partial charge in [0.05, 0.1) is 6.61 Å². The van der Waals surface area contributed by atoms with Crippen molar-refractivity contribution in [3.63, 3.8) is 0 Å². The largest absolute Gasteiger partial charge is 0.505 e. The molecule has 0 aromatic heterocycles. The highest BCUT2D eigenvalue weighted by molar-refractivity contribution is 6.95. The number of hydrogen-bond donors (Lipinski definition) is 1. The SMILES string of the molecule is CCCC[Si](C)(C)O[Si]O[Si](C)(C)C[Si](C)(C)O[Si](C)(C)O[Si](C)(C)CCCOc1ccc(O)c(F)c1. The molecular formula is C24H51FO6Si6. The third-order valence-corrected chi connectivity index (χ3v) is 29.1. The van der Waals surface area contributed by atoms with E-state index in [1.165, 1.54) is 31.0 Å². The summed E-state index contributed by atoms with van der Waals surface area (Å²) in [4.78, 5) is 0. The second-order valence-corrected chi connectivity index (χ2v) is 35.5. The van der Waals surface area contributed by atoms with E-state index >= 15 is 0 Å². The molecule has 0 bridgehead atoms. The summed E-state index contributed by atoms with van der Waals surface area (Å²) in [5.41, 5.74) is 1.01. The number of rotatable bonds is 18. The maximum atomic E-state index is 13.5. The average Bonchev–Trinajstić information content (AvgIpc) is 2.69. The molecule has 0 atom stereocenters. The van der Waals surface area contributed by atoms with Crippen LogP contribution < -0.4 is 4.74 Å². The molecule has 2 radical (unpaired) electrons. The molecule has 0 saturated heterocycles. The highest BCUT2D eigenvalue weighted by Crippen LogP contribution is 2.29. The van der Waals surface area contributed by atoms with E-state index in [0.717, 1.165) is 18.1 Å². The smallest absolute Gasteiger partial charge is 0.410 e. The van der Waals surface area contributed by atoms with Gasteiger partial charge < -0.3 is 26.3 Å². The summed E-state index contributed by atoms with van der Waals surface area (Å²) in [5, 5.41) is 9.31. The third kappa shape index (κ3) is 15.3. The van der Waals surface area contributed by atoms with Crippen LogP contribution in [0.2, 0.25) is 83.2 Å². The summed E-state index contributed by atoms with van der Waals surface area (Å²) < 4.78 is 45.3. The standard InChI is InChI=1S/C24H51FO6Si6/c1-12-13-18-33(2,3)28-32-29-35(6,7)21-36(8,9)31-37(10,11)30-34(4,5)19-14-17-27-22-15-16-24(26)23(25)20-22/h15-16,20,26H,12-14,17-19,21H2,1-11H3. The maximum Gasteiger partial charge on any atom is 0.410 e. The van der Waals surface area contributed by atoms with E-state index in [1.807, 2.05) is 0 Å². The second kappa shape index (κ2) is 14.5. The van der Waals surface area contributed by atoms with Crippen LogP contribution in [0, 0.1) is 5.82 Å². The summed E-state index contributed by atoms with van der Waals surface area (Å²) in [7, 11) is -9.76. The maximum absolute atomic E-state index is 13.5. The monoisotopic (exact) mass is 622 g/mol. The van der Waals surface area contributed by atoms with Crippen molar-refractivity contribution in [2.24, 2.45) is 0 Å². The van der Waals surface area contributed by atoms with Gasteiger partial charge in [0.15, 0.2) is 44.8 Å². The normalized spacial score (nSPS) is 13.7. The molecule has 0 aliphatic heterocycles. The van der Waals surface area contributed by atoms with E-state index in [2.05, 4.69) is 72.4 Å². The predicted molar refractivity (Wildman–Crippen MR) is 165 cm³/mol. The number of aromatic hydroxyl groups is 1. The molecule has 1 N–H and O–H groups in total. The molecule has 1 aromatic rings. The molecule has 6 nitrogen and oxygen atoms in total. The first-order chi connectivity index (χ1) is 16.8. The fraction of sp³-hybridized carbons (Fsp3) is 0.750. The van der Waals surface area contributed by atoms with Crippen molar-refractivity contribution in [2.75, 3.05) is 6.61 Å². The van der Waals surface area contributed by atoms with Crippen molar-refractivity contribution in [3.8, 4) is 11.5 Å². The first-order valence-corrected chi connectivity index (χ1v) is 29.5. The first-order valence-electron chi connectivity index (χ1n) is 13.4. The number of phenolic OH excluding ortho intramolecular Hbond substituents is 1. The molecule has 1 rings (SSSR count). The van der Waals surface area contributed by atoms with Gasteiger partial charge in [0.2, 0.25) is 0 Å². The van der Waals surface area contributed by atoms with Crippen molar-refractivity contribution in [3.05, 3.63) is 24.0 Å². The van der Waals surface area contributed by atoms with Crippen LogP contribution in [0.1, 0.15) is 26.2 Å². The minimum Gasteiger partial charge on any atom is -0.505 e. The van der Waals surface area contributed by atoms with Gasteiger partial charge in [-0.05, 0) is 102 Å². The van der Waals surface area contributed by atoms with Gasteiger partial charge >= 0.3 is 18.6 Å². The van der Waals surface area contributed by atoms with Crippen molar-refractivity contribution < 1.29 is 30.7 Å². The number of benzene rings is 1. The molecule has 0 unspecified atom stereocenters. The topological polar surface area (TPSA) is 66.4 Å². The highest BCUT2D eigenvalue weighted by Gasteiger charge is 2.43. The van der Waals surface area contributed by atoms with E-state index < -0.39 is 47.6 Å². The Hall–Kier alpha value is -0.109. The summed E-state index contributed by atoms with van der Waals surface area (Å²) >= 11 is 0. The van der Waals surface area contributed by atoms with Crippen LogP contribution in [-0.2, 0) is 16.5 Å². The van der Waals surface area contributed by atoms with Crippen LogP contribution in [-0.4, -0.2) is 63.6 Å². The van der Waals surface area contributed by atoms with Gasteiger partial charge in [-0.3, -0.25) is 0 Å². The molecule has 0 fully saturated rings. The fourth-order valence-corrected chi connectivity index (χ4v) is 31.3. The van der Waals surface area contributed by atoms with Crippen molar-refractivity contribution in [2.45, 2.75) is 109 Å². The first kappa shape index (κ1) is 34.9. The fourth-order valence-electron chi connectivity index (χ4n) is 4.67. The zero-order valence-corrected chi connectivity index (χ0v) is 31.0. The van der Waals surface area contributed by atoms with Gasteiger partial charge in [0.1, 0.15) is 5.75 Å². The zero-order valence-electron chi connectivity index (χ0n) is 25.0. The molecular weight excluding hydrogens is 572 g/mol. The predicted octanol–water partition coefficient (Wildman–Crippen LogP) is 7.76. The van der Waals surface area contributed by atoms with E-state index in [4.69, 9.17) is 21.2 Å². The number of halogens is 1. The van der Waals surface area contributed by atoms with Gasteiger partial charge in [-0.25, -0.2) is 4.39 Å². The molecule has 1 aromatic carbocycles. The van der Waals surface area contributed by atoms with Gasteiger partial charge in [-0.2, -0.15) is 0 Å². The average molecular weight is 623 g/mol. The molecule has 0 aliphatic rings. The van der Waals surface area contributed by atoms with Crippen molar-refractivity contribution in [1.29, 1.82) is 0 Å². The Balaban J connectivity index is 2.53. The Morgan fingerprint density at radius 1 is 0.784 bits per heavy atom. The Morgan fingerprint density at radius 2 is 1.35 bits per heavy atom. The van der Waals surface area contributed by atoms with E-state index in [9.17, 15) is 9.50 Å². The van der Waals surface area contributed by atoms with E-state index in [-0.39, 0.29) is 15.8 Å². The van der Waals surface area contributed by atoms with E-state index in [1.54, 1.807) is 6.07 Å². The Labute approximate surface area is 233 Å². The lowest BCUT2D eigenvalue weighted by Crippen LogP contribution is -2.55. The van der Waals surface area contributed by atoms with Crippen LogP contribution in [0.3, 0.4) is 0 Å². The van der Waals surface area contributed by atoms with Crippen molar-refractivity contribution in [1.82, 2.24) is 0 Å².